The van der Waals surface area contributed by atoms with Gasteiger partial charge in [-0.25, -0.2) is 13.2 Å². The number of pyridine rings is 1. The molecule has 5 heterocycles. The Bertz CT molecular complexity index is 1910. The summed E-state index contributed by atoms with van der Waals surface area (Å²) in [6.07, 6.45) is 6.91. The van der Waals surface area contributed by atoms with Crippen molar-refractivity contribution in [3.8, 4) is 23.0 Å². The van der Waals surface area contributed by atoms with Crippen LogP contribution in [-0.4, -0.2) is 75.2 Å². The highest BCUT2D eigenvalue weighted by molar-refractivity contribution is 6.01. The number of aromatic hydroxyl groups is 1. The Hall–Kier alpha value is -3.99. The van der Waals surface area contributed by atoms with Gasteiger partial charge in [0.2, 0.25) is 0 Å². The Morgan fingerprint density at radius 3 is 2.66 bits per heavy atom. The SMILES string of the molecule is CCc1c(F)ccc2cc(O)cc(-c3ncc4c(N5CCC6(CCCC6=O)CC5)nc(OC[C@@]56CCCN5C[C@H](F)C6)nc4c3F)c12. The number of hydrogen-bond donors (Lipinski definition) is 1. The molecule has 4 aromatic rings. The van der Waals surface area contributed by atoms with Crippen LogP contribution >= 0.6 is 0 Å². The van der Waals surface area contributed by atoms with Gasteiger partial charge < -0.3 is 14.7 Å². The van der Waals surface area contributed by atoms with Crippen LogP contribution in [0.15, 0.2) is 30.5 Å². The zero-order valence-corrected chi connectivity index (χ0v) is 26.5. The van der Waals surface area contributed by atoms with E-state index < -0.39 is 23.3 Å². The molecule has 4 fully saturated rings. The summed E-state index contributed by atoms with van der Waals surface area (Å²) in [6, 6.07) is 5.83. The van der Waals surface area contributed by atoms with Crippen molar-refractivity contribution in [2.75, 3.05) is 37.7 Å². The van der Waals surface area contributed by atoms with E-state index in [1.54, 1.807) is 6.07 Å². The van der Waals surface area contributed by atoms with Crippen molar-refractivity contribution < 1.29 is 27.8 Å². The number of alkyl halides is 1. The number of hydrogen-bond acceptors (Lipinski definition) is 8. The zero-order valence-electron chi connectivity index (χ0n) is 26.5. The highest BCUT2D eigenvalue weighted by Crippen LogP contribution is 2.46. The van der Waals surface area contributed by atoms with Gasteiger partial charge in [-0.2, -0.15) is 9.97 Å². The molecule has 0 amide bonds. The normalized spacial score (nSPS) is 24.2. The van der Waals surface area contributed by atoms with Gasteiger partial charge in [0.25, 0.3) is 0 Å². The third kappa shape index (κ3) is 4.91. The predicted octanol–water partition coefficient (Wildman–Crippen LogP) is 6.69. The molecule has 0 radical (unpaired) electrons. The number of rotatable bonds is 6. The predicted molar refractivity (Wildman–Crippen MR) is 173 cm³/mol. The first-order valence-corrected chi connectivity index (χ1v) is 16.8. The Morgan fingerprint density at radius 1 is 1.06 bits per heavy atom. The molecule has 8 nitrogen and oxygen atoms in total. The first-order chi connectivity index (χ1) is 22.7. The van der Waals surface area contributed by atoms with Crippen LogP contribution < -0.4 is 9.64 Å². The Kier molecular flexibility index (Phi) is 7.31. The highest BCUT2D eigenvalue weighted by Gasteiger charge is 2.49. The number of nitrogens with zero attached hydrogens (tertiary/aromatic N) is 5. The van der Waals surface area contributed by atoms with E-state index in [0.29, 0.717) is 85.1 Å². The second-order valence-corrected chi connectivity index (χ2v) is 13.9. The Labute approximate surface area is 271 Å². The minimum Gasteiger partial charge on any atom is -0.508 e. The molecule has 1 spiro atoms. The van der Waals surface area contributed by atoms with Crippen LogP contribution in [0, 0.1) is 17.0 Å². The van der Waals surface area contributed by atoms with E-state index in [0.717, 1.165) is 32.2 Å². The van der Waals surface area contributed by atoms with Crippen LogP contribution in [0.3, 0.4) is 0 Å². The van der Waals surface area contributed by atoms with E-state index in [9.17, 15) is 18.7 Å². The van der Waals surface area contributed by atoms with Gasteiger partial charge in [-0.1, -0.05) is 13.0 Å². The largest absolute Gasteiger partial charge is 0.508 e. The number of ether oxygens (including phenoxy) is 1. The summed E-state index contributed by atoms with van der Waals surface area (Å²) in [6.45, 7) is 4.33. The number of carbonyl (C=O) groups is 1. The number of aromatic nitrogens is 3. The lowest BCUT2D eigenvalue weighted by Crippen LogP contribution is -2.44. The third-order valence-corrected chi connectivity index (χ3v) is 11.3. The lowest BCUT2D eigenvalue weighted by atomic mass is 9.76. The Morgan fingerprint density at radius 2 is 1.89 bits per heavy atom. The van der Waals surface area contributed by atoms with Crippen LogP contribution in [0.1, 0.15) is 63.9 Å². The second-order valence-electron chi connectivity index (χ2n) is 13.9. The number of piperidine rings is 1. The van der Waals surface area contributed by atoms with Gasteiger partial charge in [0, 0.05) is 49.7 Å². The number of aryl methyl sites for hydroxylation is 1. The molecule has 2 aromatic heterocycles. The molecule has 0 unspecified atom stereocenters. The molecule has 1 saturated carbocycles. The van der Waals surface area contributed by atoms with Gasteiger partial charge in [0.05, 0.1) is 10.9 Å². The molecule has 2 aromatic carbocycles. The minimum absolute atomic E-state index is 0.00579. The lowest BCUT2D eigenvalue weighted by molar-refractivity contribution is -0.126. The summed E-state index contributed by atoms with van der Waals surface area (Å²) in [5.74, 6) is -0.448. The van der Waals surface area contributed by atoms with Crippen LogP contribution in [0.5, 0.6) is 11.8 Å². The number of fused-ring (bicyclic) bond motifs is 3. The van der Waals surface area contributed by atoms with E-state index in [1.807, 2.05) is 6.92 Å². The molecule has 246 valence electrons. The van der Waals surface area contributed by atoms with Crippen LogP contribution in [-0.2, 0) is 11.2 Å². The standard InChI is InChI=1S/C36H38F3N5O3/c1-2-24-27(38)7-6-21-15-23(45)16-25(29(21)24)31-30(39)32-26(18-40-31)33(43-13-10-35(11-14-43)8-3-5-28(35)46)42-34(41-32)47-20-36-9-4-12-44(36)19-22(37)17-36/h6-7,15-16,18,22,45H,2-5,8-14,17,19-20H2,1H3/t22-,36+/m1/s1. The number of Topliss-reactive ketones (excluding diaryl/α,β-unsaturated/α-hetero) is 1. The average molecular weight is 646 g/mol. The maximum Gasteiger partial charge on any atom is 0.319 e. The molecule has 3 saturated heterocycles. The summed E-state index contributed by atoms with van der Waals surface area (Å²) >= 11 is 0. The number of benzene rings is 2. The van der Waals surface area contributed by atoms with Crippen molar-refractivity contribution >= 4 is 33.3 Å². The van der Waals surface area contributed by atoms with Crippen molar-refractivity contribution in [2.24, 2.45) is 5.41 Å². The Balaban J connectivity index is 1.24. The minimum atomic E-state index is -0.924. The summed E-state index contributed by atoms with van der Waals surface area (Å²) in [5, 5.41) is 12.0. The second kappa shape index (κ2) is 11.3. The van der Waals surface area contributed by atoms with Crippen molar-refractivity contribution in [1.82, 2.24) is 19.9 Å². The van der Waals surface area contributed by atoms with Crippen molar-refractivity contribution in [3.63, 3.8) is 0 Å². The number of phenolic OH excluding ortho intramolecular Hbond substituents is 1. The fourth-order valence-corrected chi connectivity index (χ4v) is 8.86. The van der Waals surface area contributed by atoms with E-state index in [2.05, 4.69) is 19.8 Å². The molecular formula is C36H38F3N5O3. The number of phenols is 1. The van der Waals surface area contributed by atoms with Gasteiger partial charge in [-0.3, -0.25) is 14.7 Å². The smallest absolute Gasteiger partial charge is 0.319 e. The zero-order chi connectivity index (χ0) is 32.5. The molecular weight excluding hydrogens is 607 g/mol. The molecule has 4 aliphatic rings. The first-order valence-electron chi connectivity index (χ1n) is 16.8. The van der Waals surface area contributed by atoms with Crippen LogP contribution in [0.25, 0.3) is 32.9 Å². The molecule has 8 rings (SSSR count). The fraction of sp³-hybridized carbons (Fsp3) is 0.500. The van der Waals surface area contributed by atoms with E-state index in [-0.39, 0.29) is 40.6 Å². The van der Waals surface area contributed by atoms with Crippen LogP contribution in [0.4, 0.5) is 19.0 Å². The average Bonchev–Trinajstić information content (AvgIpc) is 3.71. The quantitative estimate of drug-likeness (QED) is 0.248. The number of ketones is 1. The molecule has 1 aliphatic carbocycles. The van der Waals surface area contributed by atoms with Gasteiger partial charge in [0.15, 0.2) is 5.82 Å². The monoisotopic (exact) mass is 645 g/mol. The topological polar surface area (TPSA) is 91.7 Å². The summed E-state index contributed by atoms with van der Waals surface area (Å²) in [4.78, 5) is 30.9. The lowest BCUT2D eigenvalue weighted by Gasteiger charge is -2.39. The van der Waals surface area contributed by atoms with Crippen LogP contribution in [0.2, 0.25) is 0 Å². The molecule has 11 heteroatoms. The fourth-order valence-electron chi connectivity index (χ4n) is 8.86. The van der Waals surface area contributed by atoms with Crippen molar-refractivity contribution in [2.45, 2.75) is 76.4 Å². The molecule has 3 aliphatic heterocycles. The van der Waals surface area contributed by atoms with Gasteiger partial charge in [-0.15, -0.1) is 0 Å². The summed E-state index contributed by atoms with van der Waals surface area (Å²) in [5.41, 5.74) is -0.152. The first kappa shape index (κ1) is 30.4. The van der Waals surface area contributed by atoms with Gasteiger partial charge in [-0.05, 0) is 86.0 Å². The molecule has 1 N–H and O–H groups in total. The number of anilines is 1. The van der Waals surface area contributed by atoms with Crippen molar-refractivity contribution in [3.05, 3.63) is 47.7 Å². The number of halogens is 3. The molecule has 2 atom stereocenters. The molecule has 47 heavy (non-hydrogen) atoms. The maximum absolute atomic E-state index is 16.9. The molecule has 0 bridgehead atoms. The highest BCUT2D eigenvalue weighted by atomic mass is 19.1. The van der Waals surface area contributed by atoms with Gasteiger partial charge in [0.1, 0.15) is 47.2 Å². The van der Waals surface area contributed by atoms with E-state index >= 15 is 4.39 Å². The maximum atomic E-state index is 16.9. The summed E-state index contributed by atoms with van der Waals surface area (Å²) in [7, 11) is 0. The third-order valence-electron chi connectivity index (χ3n) is 11.3. The number of carbonyl (C=O) groups excluding carboxylic acids is 1. The van der Waals surface area contributed by atoms with E-state index in [4.69, 9.17) is 9.72 Å². The van der Waals surface area contributed by atoms with E-state index in [1.165, 1.54) is 24.4 Å². The summed E-state index contributed by atoms with van der Waals surface area (Å²) < 4.78 is 52.6. The van der Waals surface area contributed by atoms with Crippen molar-refractivity contribution in [1.29, 1.82) is 0 Å². The van der Waals surface area contributed by atoms with Gasteiger partial charge >= 0.3 is 6.01 Å².